The lowest BCUT2D eigenvalue weighted by Crippen LogP contribution is -2.25. The highest BCUT2D eigenvalue weighted by Gasteiger charge is 2.09. The first kappa shape index (κ1) is 14.7. The van der Waals surface area contributed by atoms with Gasteiger partial charge in [0.2, 0.25) is 0 Å². The molecule has 1 rings (SSSR count). The second-order valence-corrected chi connectivity index (χ2v) is 4.63. The Morgan fingerprint density at radius 2 is 1.78 bits per heavy atom. The van der Waals surface area contributed by atoms with Crippen molar-refractivity contribution in [1.29, 1.82) is 0 Å². The van der Waals surface area contributed by atoms with Gasteiger partial charge >= 0.3 is 0 Å². The van der Waals surface area contributed by atoms with E-state index in [0.29, 0.717) is 6.54 Å². The number of nitrogens with one attached hydrogen (secondary N) is 2. The predicted molar refractivity (Wildman–Crippen MR) is 74.9 cm³/mol. The predicted octanol–water partition coefficient (Wildman–Crippen LogP) is 1.90. The fraction of sp³-hybridized carbons (Fsp3) is 0.692. The molecule has 1 aromatic heterocycles. The first-order valence-electron chi connectivity index (χ1n) is 6.60. The number of aliphatic hydroxyl groups excluding tert-OH is 1. The van der Waals surface area contributed by atoms with Crippen molar-refractivity contribution in [2.75, 3.05) is 23.7 Å². The fourth-order valence-electron chi connectivity index (χ4n) is 1.46. The Morgan fingerprint density at radius 3 is 2.28 bits per heavy atom. The molecule has 0 radical (unpaired) electrons. The minimum Gasteiger partial charge on any atom is -0.391 e. The van der Waals surface area contributed by atoms with Crippen LogP contribution in [0.2, 0.25) is 0 Å². The molecule has 5 heteroatoms. The third-order valence-electron chi connectivity index (χ3n) is 2.71. The lowest BCUT2D eigenvalue weighted by atomic mass is 10.1. The number of hydrogen-bond acceptors (Lipinski definition) is 5. The van der Waals surface area contributed by atoms with Crippen LogP contribution in [0.5, 0.6) is 0 Å². The second kappa shape index (κ2) is 7.16. The van der Waals surface area contributed by atoms with Gasteiger partial charge in [0.25, 0.3) is 0 Å². The Morgan fingerprint density at radius 1 is 1.17 bits per heavy atom. The molecule has 1 atom stereocenters. The summed E-state index contributed by atoms with van der Waals surface area (Å²) in [5, 5.41) is 16.1. The Bertz CT molecular complexity index is 368. The minimum atomic E-state index is -0.368. The van der Waals surface area contributed by atoms with E-state index in [9.17, 15) is 5.11 Å². The zero-order valence-electron chi connectivity index (χ0n) is 11.7. The van der Waals surface area contributed by atoms with E-state index < -0.39 is 0 Å². The van der Waals surface area contributed by atoms with E-state index in [0.717, 1.165) is 30.4 Å². The summed E-state index contributed by atoms with van der Waals surface area (Å²) in [6, 6.07) is 1.87. The molecule has 1 aromatic rings. The summed E-state index contributed by atoms with van der Waals surface area (Å²) in [4.78, 5) is 8.77. The Balaban J connectivity index is 2.71. The number of aliphatic hydroxyl groups is 1. The van der Waals surface area contributed by atoms with Crippen molar-refractivity contribution in [1.82, 2.24) is 9.97 Å². The molecular weight excluding hydrogens is 228 g/mol. The van der Waals surface area contributed by atoms with Gasteiger partial charge < -0.3 is 15.7 Å². The molecule has 1 heterocycles. The molecule has 0 saturated heterocycles. The van der Waals surface area contributed by atoms with Gasteiger partial charge in [-0.3, -0.25) is 0 Å². The zero-order chi connectivity index (χ0) is 13.5. The lowest BCUT2D eigenvalue weighted by Gasteiger charge is -2.16. The maximum atomic E-state index is 9.77. The van der Waals surface area contributed by atoms with E-state index in [-0.39, 0.29) is 12.0 Å². The van der Waals surface area contributed by atoms with Crippen LogP contribution >= 0.6 is 0 Å². The molecule has 1 unspecified atom stereocenters. The van der Waals surface area contributed by atoms with E-state index in [1.807, 2.05) is 33.8 Å². The standard InChI is InChI=1S/C13H24N4O/c1-5-11-16-12(14-6-2)7-13(17-11)15-8-10(18)9(3)4/h7,9-10,18H,5-6,8H2,1-4H3,(H2,14,15,16,17). The lowest BCUT2D eigenvalue weighted by molar-refractivity contribution is 0.138. The molecule has 0 saturated carbocycles. The molecule has 0 aliphatic heterocycles. The normalized spacial score (nSPS) is 12.6. The van der Waals surface area contributed by atoms with Gasteiger partial charge in [0.05, 0.1) is 6.10 Å². The van der Waals surface area contributed by atoms with Gasteiger partial charge in [-0.2, -0.15) is 0 Å². The van der Waals surface area contributed by atoms with E-state index >= 15 is 0 Å². The summed E-state index contributed by atoms with van der Waals surface area (Å²) in [6.45, 7) is 9.38. The molecule has 5 nitrogen and oxygen atoms in total. The van der Waals surface area contributed by atoms with Gasteiger partial charge in [-0.05, 0) is 12.8 Å². The molecule has 0 spiro atoms. The van der Waals surface area contributed by atoms with Crippen molar-refractivity contribution in [3.63, 3.8) is 0 Å². The van der Waals surface area contributed by atoms with Crippen molar-refractivity contribution < 1.29 is 5.11 Å². The van der Waals surface area contributed by atoms with E-state index in [4.69, 9.17) is 0 Å². The maximum Gasteiger partial charge on any atom is 0.132 e. The molecule has 0 amide bonds. The highest BCUT2D eigenvalue weighted by atomic mass is 16.3. The molecular formula is C13H24N4O. The Labute approximate surface area is 109 Å². The first-order chi connectivity index (χ1) is 8.56. The summed E-state index contributed by atoms with van der Waals surface area (Å²) in [7, 11) is 0. The van der Waals surface area contributed by atoms with Crippen LogP contribution in [0.4, 0.5) is 11.6 Å². The van der Waals surface area contributed by atoms with Crippen LogP contribution in [0.3, 0.4) is 0 Å². The van der Waals surface area contributed by atoms with Crippen LogP contribution in [-0.2, 0) is 6.42 Å². The SMILES string of the molecule is CCNc1cc(NCC(O)C(C)C)nc(CC)n1. The van der Waals surface area contributed by atoms with E-state index in [2.05, 4.69) is 20.6 Å². The summed E-state index contributed by atoms with van der Waals surface area (Å²) in [5.41, 5.74) is 0. The first-order valence-corrected chi connectivity index (χ1v) is 6.60. The number of hydrogen-bond donors (Lipinski definition) is 3. The highest BCUT2D eigenvalue weighted by molar-refractivity contribution is 5.47. The van der Waals surface area contributed by atoms with Crippen LogP contribution < -0.4 is 10.6 Å². The van der Waals surface area contributed by atoms with Gasteiger partial charge in [0, 0.05) is 25.6 Å². The number of aromatic nitrogens is 2. The zero-order valence-corrected chi connectivity index (χ0v) is 11.7. The van der Waals surface area contributed by atoms with Crippen molar-refractivity contribution >= 4 is 11.6 Å². The van der Waals surface area contributed by atoms with Crippen molar-refractivity contribution in [3.05, 3.63) is 11.9 Å². The molecule has 102 valence electrons. The molecule has 3 N–H and O–H groups in total. The Kier molecular flexibility index (Phi) is 5.85. The number of aryl methyl sites for hydroxylation is 1. The van der Waals surface area contributed by atoms with Crippen molar-refractivity contribution in [2.24, 2.45) is 5.92 Å². The quantitative estimate of drug-likeness (QED) is 0.691. The van der Waals surface area contributed by atoms with Crippen molar-refractivity contribution in [3.8, 4) is 0 Å². The fourth-order valence-corrected chi connectivity index (χ4v) is 1.46. The minimum absolute atomic E-state index is 0.234. The number of nitrogens with zero attached hydrogens (tertiary/aromatic N) is 2. The number of rotatable bonds is 7. The highest BCUT2D eigenvalue weighted by Crippen LogP contribution is 2.12. The van der Waals surface area contributed by atoms with E-state index in [1.54, 1.807) is 0 Å². The largest absolute Gasteiger partial charge is 0.391 e. The smallest absolute Gasteiger partial charge is 0.132 e. The van der Waals surface area contributed by atoms with Crippen LogP contribution in [0, 0.1) is 5.92 Å². The maximum absolute atomic E-state index is 9.77. The summed E-state index contributed by atoms with van der Waals surface area (Å²) < 4.78 is 0. The average molecular weight is 252 g/mol. The molecule has 0 aliphatic carbocycles. The topological polar surface area (TPSA) is 70.1 Å². The van der Waals surface area contributed by atoms with Gasteiger partial charge in [-0.15, -0.1) is 0 Å². The molecule has 0 aromatic carbocycles. The van der Waals surface area contributed by atoms with Crippen LogP contribution in [0.25, 0.3) is 0 Å². The Hall–Kier alpha value is -1.36. The second-order valence-electron chi connectivity index (χ2n) is 4.63. The monoisotopic (exact) mass is 252 g/mol. The van der Waals surface area contributed by atoms with Crippen LogP contribution in [0.1, 0.15) is 33.5 Å². The van der Waals surface area contributed by atoms with Crippen LogP contribution in [0.15, 0.2) is 6.07 Å². The molecule has 18 heavy (non-hydrogen) atoms. The molecule has 0 fully saturated rings. The third-order valence-corrected chi connectivity index (χ3v) is 2.71. The summed E-state index contributed by atoms with van der Waals surface area (Å²) in [6.07, 6.45) is 0.424. The summed E-state index contributed by atoms with van der Waals surface area (Å²) >= 11 is 0. The van der Waals surface area contributed by atoms with E-state index in [1.165, 1.54) is 0 Å². The van der Waals surface area contributed by atoms with Crippen LogP contribution in [-0.4, -0.2) is 34.3 Å². The van der Waals surface area contributed by atoms with Gasteiger partial charge in [-0.25, -0.2) is 9.97 Å². The van der Waals surface area contributed by atoms with Gasteiger partial charge in [0.15, 0.2) is 0 Å². The number of anilines is 2. The van der Waals surface area contributed by atoms with Crippen molar-refractivity contribution in [2.45, 2.75) is 40.2 Å². The summed E-state index contributed by atoms with van der Waals surface area (Å²) in [5.74, 6) is 2.62. The molecule has 0 bridgehead atoms. The van der Waals surface area contributed by atoms with Gasteiger partial charge in [-0.1, -0.05) is 20.8 Å². The van der Waals surface area contributed by atoms with Gasteiger partial charge in [0.1, 0.15) is 17.5 Å². The average Bonchev–Trinajstić information content (AvgIpc) is 2.35. The molecule has 0 aliphatic rings. The third kappa shape index (κ3) is 4.49.